The molecule has 0 saturated carbocycles. The van der Waals surface area contributed by atoms with E-state index in [4.69, 9.17) is 9.63 Å². The third-order valence-electron chi connectivity index (χ3n) is 2.82. The van der Waals surface area contributed by atoms with E-state index in [2.05, 4.69) is 10.1 Å². The summed E-state index contributed by atoms with van der Waals surface area (Å²) in [6.07, 6.45) is 0. The second-order valence-electron chi connectivity index (χ2n) is 4.94. The maximum atomic E-state index is 10.9. The van der Waals surface area contributed by atoms with E-state index in [0.717, 1.165) is 12.1 Å². The zero-order valence-corrected chi connectivity index (χ0v) is 12.8. The van der Waals surface area contributed by atoms with Gasteiger partial charge in [0.1, 0.15) is 0 Å². The molecule has 0 atom stereocenters. The van der Waals surface area contributed by atoms with Crippen LogP contribution in [-0.2, 0) is 11.3 Å². The molecule has 21 heavy (non-hydrogen) atoms. The minimum absolute atomic E-state index is 0.0455. The van der Waals surface area contributed by atoms with Gasteiger partial charge in [-0.2, -0.15) is 16.3 Å². The summed E-state index contributed by atoms with van der Waals surface area (Å²) in [6, 6.07) is 1.91. The van der Waals surface area contributed by atoms with Crippen LogP contribution in [0.25, 0.3) is 11.5 Å². The summed E-state index contributed by atoms with van der Waals surface area (Å²) in [6.45, 7) is 1.70. The van der Waals surface area contributed by atoms with Crippen LogP contribution in [0.5, 0.6) is 0 Å². The Morgan fingerprint density at radius 2 is 2.24 bits per heavy atom. The van der Waals surface area contributed by atoms with Crippen LogP contribution < -0.4 is 0 Å². The van der Waals surface area contributed by atoms with Crippen LogP contribution in [0.4, 0.5) is 0 Å². The number of rotatable bonds is 8. The number of thiophene rings is 1. The number of hydrogen-bond acceptors (Lipinski definition) is 7. The maximum absolute atomic E-state index is 10.9. The van der Waals surface area contributed by atoms with Gasteiger partial charge >= 0.3 is 5.97 Å². The highest BCUT2D eigenvalue weighted by molar-refractivity contribution is 7.08. The van der Waals surface area contributed by atoms with Gasteiger partial charge in [0.05, 0.1) is 18.7 Å². The number of nitrogens with zero attached hydrogens (tertiary/aromatic N) is 4. The Morgan fingerprint density at radius 1 is 1.43 bits per heavy atom. The molecule has 2 rings (SSSR count). The zero-order valence-electron chi connectivity index (χ0n) is 12.0. The molecule has 0 spiro atoms. The summed E-state index contributed by atoms with van der Waals surface area (Å²) in [5.74, 6) is 0.0978. The average Bonchev–Trinajstić information content (AvgIpc) is 3.05. The standard InChI is InChI=1S/C13H18N4O3S/c1-16(2)4-5-17(8-12(18)19)7-11-14-13(20-15-11)10-3-6-21-9-10/h3,6,9H,4-5,7-8H2,1-2H3,(H,18,19). The lowest BCUT2D eigenvalue weighted by atomic mass is 10.3. The molecule has 0 fully saturated rings. The highest BCUT2D eigenvalue weighted by Gasteiger charge is 2.15. The van der Waals surface area contributed by atoms with Crippen molar-refractivity contribution in [3.05, 3.63) is 22.7 Å². The first-order valence-corrected chi connectivity index (χ1v) is 7.43. The molecule has 2 heterocycles. The van der Waals surface area contributed by atoms with Gasteiger partial charge in [0.25, 0.3) is 5.89 Å². The SMILES string of the molecule is CN(C)CCN(CC(=O)O)Cc1noc(-c2ccsc2)n1. The fourth-order valence-electron chi connectivity index (χ4n) is 1.77. The van der Waals surface area contributed by atoms with Gasteiger partial charge in [-0.3, -0.25) is 9.69 Å². The van der Waals surface area contributed by atoms with Crippen molar-refractivity contribution in [2.45, 2.75) is 6.54 Å². The van der Waals surface area contributed by atoms with Gasteiger partial charge in [-0.15, -0.1) is 0 Å². The molecule has 2 aromatic heterocycles. The third-order valence-corrected chi connectivity index (χ3v) is 3.51. The summed E-state index contributed by atoms with van der Waals surface area (Å²) < 4.78 is 5.20. The van der Waals surface area contributed by atoms with E-state index in [9.17, 15) is 4.79 Å². The molecule has 0 aliphatic carbocycles. The Kier molecular flexibility index (Phi) is 5.43. The molecule has 0 amide bonds. The molecular formula is C13H18N4O3S. The maximum Gasteiger partial charge on any atom is 0.317 e. The van der Waals surface area contributed by atoms with Crippen LogP contribution in [0.1, 0.15) is 5.82 Å². The summed E-state index contributed by atoms with van der Waals surface area (Å²) in [7, 11) is 3.89. The van der Waals surface area contributed by atoms with E-state index >= 15 is 0 Å². The lowest BCUT2D eigenvalue weighted by Gasteiger charge is -2.20. The molecule has 0 aromatic carbocycles. The van der Waals surface area contributed by atoms with E-state index < -0.39 is 5.97 Å². The van der Waals surface area contributed by atoms with Gasteiger partial charge in [-0.1, -0.05) is 5.16 Å². The molecule has 0 aliphatic rings. The molecule has 7 nitrogen and oxygen atoms in total. The number of aromatic nitrogens is 2. The van der Waals surface area contributed by atoms with Crippen molar-refractivity contribution < 1.29 is 14.4 Å². The van der Waals surface area contributed by atoms with Gasteiger partial charge in [0.2, 0.25) is 0 Å². The number of carboxylic acid groups (broad SMARTS) is 1. The molecule has 1 N–H and O–H groups in total. The van der Waals surface area contributed by atoms with Crippen molar-refractivity contribution in [2.24, 2.45) is 0 Å². The van der Waals surface area contributed by atoms with Crippen LogP contribution >= 0.6 is 11.3 Å². The van der Waals surface area contributed by atoms with E-state index in [-0.39, 0.29) is 6.54 Å². The summed E-state index contributed by atoms with van der Waals surface area (Å²) in [4.78, 5) is 19.0. The van der Waals surface area contributed by atoms with Crippen LogP contribution in [0.15, 0.2) is 21.3 Å². The molecule has 2 aromatic rings. The summed E-state index contributed by atoms with van der Waals surface area (Å²) >= 11 is 1.56. The fourth-order valence-corrected chi connectivity index (χ4v) is 2.40. The Hall–Kier alpha value is -1.77. The Bertz CT molecular complexity index is 568. The molecule has 0 bridgehead atoms. The number of aliphatic carboxylic acids is 1. The number of carboxylic acids is 1. The van der Waals surface area contributed by atoms with Gasteiger partial charge in [0, 0.05) is 18.5 Å². The largest absolute Gasteiger partial charge is 0.480 e. The zero-order chi connectivity index (χ0) is 15.2. The van der Waals surface area contributed by atoms with Crippen molar-refractivity contribution in [1.29, 1.82) is 0 Å². The highest BCUT2D eigenvalue weighted by Crippen LogP contribution is 2.20. The first-order chi connectivity index (χ1) is 10.0. The smallest absolute Gasteiger partial charge is 0.317 e. The number of hydrogen-bond donors (Lipinski definition) is 1. The second-order valence-corrected chi connectivity index (χ2v) is 5.72. The number of carbonyl (C=O) groups is 1. The van der Waals surface area contributed by atoms with Crippen molar-refractivity contribution >= 4 is 17.3 Å². The Labute approximate surface area is 126 Å². The van der Waals surface area contributed by atoms with Crippen LogP contribution in [0.2, 0.25) is 0 Å². The average molecular weight is 310 g/mol. The monoisotopic (exact) mass is 310 g/mol. The van der Waals surface area contributed by atoms with Crippen molar-refractivity contribution in [3.8, 4) is 11.5 Å². The summed E-state index contributed by atoms with van der Waals surface area (Å²) in [5.41, 5.74) is 0.886. The molecule has 0 aliphatic heterocycles. The molecule has 114 valence electrons. The molecule has 0 unspecified atom stereocenters. The van der Waals surface area contributed by atoms with Gasteiger partial charge in [0.15, 0.2) is 5.82 Å². The molecule has 8 heteroatoms. The lowest BCUT2D eigenvalue weighted by molar-refractivity contribution is -0.138. The van der Waals surface area contributed by atoms with Crippen LogP contribution in [0, 0.1) is 0 Å². The predicted octanol–water partition coefficient (Wildman–Crippen LogP) is 1.25. The van der Waals surface area contributed by atoms with Crippen LogP contribution in [0.3, 0.4) is 0 Å². The quantitative estimate of drug-likeness (QED) is 0.785. The van der Waals surface area contributed by atoms with Crippen molar-refractivity contribution in [1.82, 2.24) is 19.9 Å². The van der Waals surface area contributed by atoms with E-state index in [1.54, 1.807) is 16.2 Å². The van der Waals surface area contributed by atoms with Gasteiger partial charge < -0.3 is 14.5 Å². The lowest BCUT2D eigenvalue weighted by Crippen LogP contribution is -2.35. The van der Waals surface area contributed by atoms with Crippen LogP contribution in [-0.4, -0.2) is 64.7 Å². The summed E-state index contributed by atoms with van der Waals surface area (Å²) in [5, 5.41) is 16.7. The first kappa shape index (κ1) is 15.6. The highest BCUT2D eigenvalue weighted by atomic mass is 32.1. The first-order valence-electron chi connectivity index (χ1n) is 6.48. The minimum Gasteiger partial charge on any atom is -0.480 e. The van der Waals surface area contributed by atoms with Crippen molar-refractivity contribution in [2.75, 3.05) is 33.7 Å². The van der Waals surface area contributed by atoms with E-state index in [1.807, 2.05) is 35.8 Å². The van der Waals surface area contributed by atoms with E-state index in [1.165, 1.54) is 0 Å². The Balaban J connectivity index is 2.00. The number of likely N-dealkylation sites (N-methyl/N-ethyl adjacent to an activating group) is 1. The van der Waals surface area contributed by atoms with Gasteiger partial charge in [-0.25, -0.2) is 0 Å². The predicted molar refractivity (Wildman–Crippen MR) is 79.1 cm³/mol. The second kappa shape index (κ2) is 7.30. The van der Waals surface area contributed by atoms with Gasteiger partial charge in [-0.05, 0) is 25.5 Å². The minimum atomic E-state index is -0.865. The normalized spacial score (nSPS) is 11.4. The van der Waals surface area contributed by atoms with Crippen molar-refractivity contribution in [3.63, 3.8) is 0 Å². The fraction of sp³-hybridized carbons (Fsp3) is 0.462. The molecule has 0 saturated heterocycles. The van der Waals surface area contributed by atoms with E-state index in [0.29, 0.717) is 24.8 Å². The Morgan fingerprint density at radius 3 is 2.86 bits per heavy atom. The molecular weight excluding hydrogens is 292 g/mol. The molecule has 0 radical (unpaired) electrons. The third kappa shape index (κ3) is 4.92. The topological polar surface area (TPSA) is 82.7 Å².